The van der Waals surface area contributed by atoms with Gasteiger partial charge in [-0.3, -0.25) is 9.36 Å². The molecule has 3 aromatic rings. The Labute approximate surface area is 151 Å². The normalized spacial score (nSPS) is 12.2. The predicted molar refractivity (Wildman–Crippen MR) is 92.8 cm³/mol. The van der Waals surface area contributed by atoms with Crippen molar-refractivity contribution in [2.75, 3.05) is 6.79 Å². The number of amides is 1. The molecule has 4 rings (SSSR count). The van der Waals surface area contributed by atoms with Gasteiger partial charge in [-0.05, 0) is 51.8 Å². The van der Waals surface area contributed by atoms with Crippen molar-refractivity contribution in [1.82, 2.24) is 20.1 Å². The molecule has 0 saturated heterocycles. The summed E-state index contributed by atoms with van der Waals surface area (Å²) in [5, 5.41) is 10.5. The fourth-order valence-electron chi connectivity index (χ4n) is 2.51. The van der Waals surface area contributed by atoms with Gasteiger partial charge in [0.1, 0.15) is 12.7 Å². The van der Waals surface area contributed by atoms with Crippen molar-refractivity contribution >= 4 is 21.8 Å². The Balaban J connectivity index is 1.50. The first kappa shape index (κ1) is 15.6. The zero-order chi connectivity index (χ0) is 17.2. The number of carbonyl (C=O) groups is 1. The number of hydrogen-bond donors (Lipinski definition) is 1. The number of nitrogens with one attached hydrogen (secondary N) is 1. The zero-order valence-electron chi connectivity index (χ0n) is 13.0. The minimum Gasteiger partial charge on any atom is -0.454 e. The lowest BCUT2D eigenvalue weighted by Crippen LogP contribution is -2.23. The summed E-state index contributed by atoms with van der Waals surface area (Å²) in [6, 6.07) is 11.1. The molecule has 1 amide bonds. The molecule has 0 spiro atoms. The highest BCUT2D eigenvalue weighted by Gasteiger charge is 2.15. The van der Waals surface area contributed by atoms with Crippen LogP contribution >= 0.6 is 15.9 Å². The van der Waals surface area contributed by atoms with E-state index in [1.54, 1.807) is 23.3 Å². The number of ether oxygens (including phenoxy) is 2. The first-order valence-electron chi connectivity index (χ1n) is 7.52. The molecular formula is C17H13BrN4O3. The fraction of sp³-hybridized carbons (Fsp3) is 0.118. The molecule has 2 heterocycles. The highest BCUT2D eigenvalue weighted by Crippen LogP contribution is 2.32. The second kappa shape index (κ2) is 6.56. The Hall–Kier alpha value is -2.87. The minimum atomic E-state index is -0.181. The van der Waals surface area contributed by atoms with Gasteiger partial charge in [-0.25, -0.2) is 0 Å². The molecular weight excluding hydrogens is 388 g/mol. The molecule has 0 unspecified atom stereocenters. The van der Waals surface area contributed by atoms with Gasteiger partial charge in [-0.1, -0.05) is 6.07 Å². The smallest absolute Gasteiger partial charge is 0.252 e. The van der Waals surface area contributed by atoms with Gasteiger partial charge in [0.25, 0.3) is 5.91 Å². The van der Waals surface area contributed by atoms with E-state index in [4.69, 9.17) is 9.47 Å². The largest absolute Gasteiger partial charge is 0.454 e. The van der Waals surface area contributed by atoms with Gasteiger partial charge >= 0.3 is 0 Å². The Morgan fingerprint density at radius 2 is 1.92 bits per heavy atom. The molecule has 1 N–H and O–H groups in total. The summed E-state index contributed by atoms with van der Waals surface area (Å²) in [4.78, 5) is 12.6. The second-order valence-corrected chi connectivity index (χ2v) is 6.26. The Kier molecular flexibility index (Phi) is 4.10. The van der Waals surface area contributed by atoms with Crippen molar-refractivity contribution in [2.45, 2.75) is 6.54 Å². The van der Waals surface area contributed by atoms with Crippen molar-refractivity contribution in [2.24, 2.45) is 0 Å². The summed E-state index contributed by atoms with van der Waals surface area (Å²) < 4.78 is 13.1. The summed E-state index contributed by atoms with van der Waals surface area (Å²) in [5.41, 5.74) is 2.28. The summed E-state index contributed by atoms with van der Waals surface area (Å²) >= 11 is 3.42. The van der Waals surface area contributed by atoms with E-state index in [0.717, 1.165) is 17.0 Å². The van der Waals surface area contributed by atoms with Crippen molar-refractivity contribution in [3.05, 3.63) is 64.7 Å². The van der Waals surface area contributed by atoms with E-state index in [-0.39, 0.29) is 12.7 Å². The van der Waals surface area contributed by atoms with Gasteiger partial charge < -0.3 is 14.8 Å². The van der Waals surface area contributed by atoms with Crippen LogP contribution in [0.3, 0.4) is 0 Å². The van der Waals surface area contributed by atoms with E-state index in [2.05, 4.69) is 31.4 Å². The Bertz CT molecular complexity index is 928. The van der Waals surface area contributed by atoms with Crippen LogP contribution in [0.4, 0.5) is 0 Å². The van der Waals surface area contributed by atoms with Crippen LogP contribution in [0.25, 0.3) is 5.69 Å². The third kappa shape index (κ3) is 3.20. The molecule has 25 heavy (non-hydrogen) atoms. The number of carbonyl (C=O) groups excluding carboxylic acids is 1. The standard InChI is InChI=1S/C17H13BrN4O3/c18-14-3-2-12(22-8-20-21-9-22)6-13(14)17(23)19-7-11-1-4-15-16(5-11)25-10-24-15/h1-6,8-9H,7,10H2,(H,19,23). The van der Waals surface area contributed by atoms with E-state index in [9.17, 15) is 4.79 Å². The topological polar surface area (TPSA) is 78.3 Å². The molecule has 0 atom stereocenters. The summed E-state index contributed by atoms with van der Waals surface area (Å²) in [5.74, 6) is 1.24. The third-order valence-corrected chi connectivity index (χ3v) is 4.49. The van der Waals surface area contributed by atoms with Crippen LogP contribution in [-0.2, 0) is 6.54 Å². The molecule has 2 aromatic carbocycles. The predicted octanol–water partition coefficient (Wildman–Crippen LogP) is 2.69. The zero-order valence-corrected chi connectivity index (χ0v) is 14.6. The highest BCUT2D eigenvalue weighted by atomic mass is 79.9. The van der Waals surface area contributed by atoms with Crippen molar-refractivity contribution in [1.29, 1.82) is 0 Å². The van der Waals surface area contributed by atoms with Gasteiger partial charge in [0.05, 0.1) is 5.56 Å². The Morgan fingerprint density at radius 3 is 2.76 bits per heavy atom. The molecule has 1 aliphatic heterocycles. The SMILES string of the molecule is O=C(NCc1ccc2c(c1)OCO2)c1cc(-n2cnnc2)ccc1Br. The monoisotopic (exact) mass is 400 g/mol. The van der Waals surface area contributed by atoms with E-state index >= 15 is 0 Å². The van der Waals surface area contributed by atoms with Crippen molar-refractivity contribution in [3.63, 3.8) is 0 Å². The van der Waals surface area contributed by atoms with E-state index in [1.807, 2.05) is 30.3 Å². The van der Waals surface area contributed by atoms with Gasteiger partial charge in [0.2, 0.25) is 6.79 Å². The number of fused-ring (bicyclic) bond motifs is 1. The maximum atomic E-state index is 12.6. The quantitative estimate of drug-likeness (QED) is 0.728. The first-order valence-corrected chi connectivity index (χ1v) is 8.31. The van der Waals surface area contributed by atoms with Crippen LogP contribution in [0.2, 0.25) is 0 Å². The lowest BCUT2D eigenvalue weighted by atomic mass is 10.1. The molecule has 0 fully saturated rings. The maximum absolute atomic E-state index is 12.6. The fourth-order valence-corrected chi connectivity index (χ4v) is 2.94. The molecule has 1 aliphatic rings. The molecule has 0 bridgehead atoms. The van der Waals surface area contributed by atoms with Crippen LogP contribution in [0, 0.1) is 0 Å². The molecule has 1 aromatic heterocycles. The third-order valence-electron chi connectivity index (χ3n) is 3.80. The minimum absolute atomic E-state index is 0.181. The number of rotatable bonds is 4. The number of benzene rings is 2. The van der Waals surface area contributed by atoms with E-state index in [0.29, 0.717) is 22.3 Å². The highest BCUT2D eigenvalue weighted by molar-refractivity contribution is 9.10. The molecule has 7 nitrogen and oxygen atoms in total. The van der Waals surface area contributed by atoms with Gasteiger partial charge in [-0.2, -0.15) is 0 Å². The summed E-state index contributed by atoms with van der Waals surface area (Å²) in [6.07, 6.45) is 3.16. The molecule has 8 heteroatoms. The lowest BCUT2D eigenvalue weighted by molar-refractivity contribution is 0.0950. The van der Waals surface area contributed by atoms with Gasteiger partial charge in [-0.15, -0.1) is 10.2 Å². The van der Waals surface area contributed by atoms with Crippen LogP contribution in [0.5, 0.6) is 11.5 Å². The van der Waals surface area contributed by atoms with Crippen LogP contribution in [0.1, 0.15) is 15.9 Å². The van der Waals surface area contributed by atoms with Crippen LogP contribution < -0.4 is 14.8 Å². The number of nitrogens with zero attached hydrogens (tertiary/aromatic N) is 3. The summed E-state index contributed by atoms with van der Waals surface area (Å²) in [6.45, 7) is 0.618. The maximum Gasteiger partial charge on any atom is 0.252 e. The van der Waals surface area contributed by atoms with Gasteiger partial charge in [0, 0.05) is 16.7 Å². The molecule has 126 valence electrons. The molecule has 0 radical (unpaired) electrons. The number of halogens is 1. The lowest BCUT2D eigenvalue weighted by Gasteiger charge is -2.10. The van der Waals surface area contributed by atoms with Crippen molar-refractivity contribution in [3.8, 4) is 17.2 Å². The average molecular weight is 401 g/mol. The Morgan fingerprint density at radius 1 is 1.12 bits per heavy atom. The van der Waals surface area contributed by atoms with Crippen LogP contribution in [0.15, 0.2) is 53.5 Å². The van der Waals surface area contributed by atoms with E-state index < -0.39 is 0 Å². The van der Waals surface area contributed by atoms with E-state index in [1.165, 1.54) is 0 Å². The second-order valence-electron chi connectivity index (χ2n) is 5.40. The summed E-state index contributed by atoms with van der Waals surface area (Å²) in [7, 11) is 0. The average Bonchev–Trinajstić information content (AvgIpc) is 3.31. The van der Waals surface area contributed by atoms with Crippen molar-refractivity contribution < 1.29 is 14.3 Å². The van der Waals surface area contributed by atoms with Gasteiger partial charge in [0.15, 0.2) is 11.5 Å². The number of aromatic nitrogens is 3. The van der Waals surface area contributed by atoms with Crippen LogP contribution in [-0.4, -0.2) is 27.5 Å². The molecule has 0 saturated carbocycles. The first-order chi connectivity index (χ1) is 12.2. The molecule has 0 aliphatic carbocycles. The number of hydrogen-bond acceptors (Lipinski definition) is 5.